The Bertz CT molecular complexity index is 356. The Kier molecular flexibility index (Phi) is 2.41. The molecule has 3 nitrogen and oxygen atoms in total. The van der Waals surface area contributed by atoms with Gasteiger partial charge < -0.3 is 15.2 Å². The van der Waals surface area contributed by atoms with Crippen molar-refractivity contribution in [2.45, 2.75) is 19.1 Å². The van der Waals surface area contributed by atoms with E-state index in [-0.39, 0.29) is 0 Å². The third-order valence-corrected chi connectivity index (χ3v) is 2.65. The fourth-order valence-corrected chi connectivity index (χ4v) is 1.84. The van der Waals surface area contributed by atoms with Gasteiger partial charge in [0.15, 0.2) is 11.5 Å². The van der Waals surface area contributed by atoms with E-state index < -0.39 is 5.79 Å². The van der Waals surface area contributed by atoms with E-state index in [1.54, 1.807) is 0 Å². The quantitative estimate of drug-likeness (QED) is 0.885. The topological polar surface area (TPSA) is 44.5 Å². The molecule has 2 rings (SSSR count). The second-order valence-corrected chi connectivity index (χ2v) is 4.38. The predicted octanol–water partition coefficient (Wildman–Crippen LogP) is 2.29. The third-order valence-electron chi connectivity index (χ3n) is 2.16. The summed E-state index contributed by atoms with van der Waals surface area (Å²) in [6.07, 6.45) is 0.680. The molecule has 0 aliphatic carbocycles. The van der Waals surface area contributed by atoms with Gasteiger partial charge in [0.1, 0.15) is 0 Å². The minimum absolute atomic E-state index is 0.547. The van der Waals surface area contributed by atoms with Crippen molar-refractivity contribution in [2.24, 2.45) is 5.73 Å². The molecule has 76 valence electrons. The van der Waals surface area contributed by atoms with Crippen molar-refractivity contribution in [1.82, 2.24) is 0 Å². The van der Waals surface area contributed by atoms with Crippen LogP contribution in [0.5, 0.6) is 11.5 Å². The van der Waals surface area contributed by atoms with E-state index in [1.807, 2.05) is 25.1 Å². The normalized spacial score (nSPS) is 23.9. The maximum Gasteiger partial charge on any atom is 0.250 e. The van der Waals surface area contributed by atoms with Crippen LogP contribution in [-0.2, 0) is 0 Å². The fourth-order valence-electron chi connectivity index (χ4n) is 1.50. The Morgan fingerprint density at radius 2 is 2.07 bits per heavy atom. The number of rotatable bonds is 2. The molecule has 0 bridgehead atoms. The molecule has 1 aliphatic rings. The van der Waals surface area contributed by atoms with Crippen molar-refractivity contribution < 1.29 is 9.47 Å². The maximum absolute atomic E-state index is 5.68. The molecule has 1 aromatic carbocycles. The smallest absolute Gasteiger partial charge is 0.250 e. The van der Waals surface area contributed by atoms with E-state index in [4.69, 9.17) is 15.2 Å². The summed E-state index contributed by atoms with van der Waals surface area (Å²) < 4.78 is 12.3. The summed E-state index contributed by atoms with van der Waals surface area (Å²) in [7, 11) is 0. The zero-order valence-corrected chi connectivity index (χ0v) is 9.50. The van der Waals surface area contributed by atoms with E-state index in [1.165, 1.54) is 0 Å². The van der Waals surface area contributed by atoms with Crippen molar-refractivity contribution in [2.75, 3.05) is 6.54 Å². The molecule has 0 saturated heterocycles. The van der Waals surface area contributed by atoms with E-state index >= 15 is 0 Å². The van der Waals surface area contributed by atoms with Crippen molar-refractivity contribution >= 4 is 15.9 Å². The number of ether oxygens (including phenoxy) is 2. The summed E-state index contributed by atoms with van der Waals surface area (Å²) >= 11 is 3.38. The zero-order valence-electron chi connectivity index (χ0n) is 7.92. The summed E-state index contributed by atoms with van der Waals surface area (Å²) in [6.45, 7) is 2.44. The molecule has 4 heteroatoms. The van der Waals surface area contributed by atoms with Crippen LogP contribution in [0.25, 0.3) is 0 Å². The van der Waals surface area contributed by atoms with E-state index in [9.17, 15) is 0 Å². The molecule has 0 fully saturated rings. The van der Waals surface area contributed by atoms with Crippen molar-refractivity contribution in [1.29, 1.82) is 0 Å². The molecule has 0 amide bonds. The van der Waals surface area contributed by atoms with Gasteiger partial charge in [0.05, 0.1) is 0 Å². The van der Waals surface area contributed by atoms with Gasteiger partial charge in [-0.15, -0.1) is 0 Å². The van der Waals surface area contributed by atoms with Crippen LogP contribution in [0, 0.1) is 0 Å². The lowest BCUT2D eigenvalue weighted by Gasteiger charge is -2.21. The number of fused-ring (bicyclic) bond motifs is 1. The highest BCUT2D eigenvalue weighted by Crippen LogP contribution is 2.41. The largest absolute Gasteiger partial charge is 0.449 e. The second kappa shape index (κ2) is 3.44. The van der Waals surface area contributed by atoms with Gasteiger partial charge in [0.25, 0.3) is 0 Å². The molecule has 0 saturated carbocycles. The molecule has 1 unspecified atom stereocenters. The highest BCUT2D eigenvalue weighted by atomic mass is 79.9. The lowest BCUT2D eigenvalue weighted by molar-refractivity contribution is -0.0658. The van der Waals surface area contributed by atoms with Gasteiger partial charge in [-0.25, -0.2) is 0 Å². The van der Waals surface area contributed by atoms with Gasteiger partial charge in [0.2, 0.25) is 5.79 Å². The Balaban J connectivity index is 2.25. The van der Waals surface area contributed by atoms with Crippen LogP contribution in [0.1, 0.15) is 13.3 Å². The number of nitrogens with two attached hydrogens (primary N) is 1. The molecule has 0 radical (unpaired) electrons. The van der Waals surface area contributed by atoms with Gasteiger partial charge in [-0.2, -0.15) is 0 Å². The average Bonchev–Trinajstić information content (AvgIpc) is 2.40. The van der Waals surface area contributed by atoms with E-state index in [0.717, 1.165) is 16.0 Å². The van der Waals surface area contributed by atoms with Gasteiger partial charge in [-0.3, -0.25) is 0 Å². The van der Waals surface area contributed by atoms with E-state index in [0.29, 0.717) is 13.0 Å². The maximum atomic E-state index is 5.68. The molecule has 2 N–H and O–H groups in total. The Labute approximate surface area is 91.3 Å². The minimum Gasteiger partial charge on any atom is -0.449 e. The number of benzene rings is 1. The molecule has 1 aliphatic heterocycles. The van der Waals surface area contributed by atoms with Gasteiger partial charge in [-0.05, 0) is 24.7 Å². The molecule has 0 spiro atoms. The summed E-state index contributed by atoms with van der Waals surface area (Å²) in [5.74, 6) is 0.956. The lowest BCUT2D eigenvalue weighted by Crippen LogP contribution is -2.36. The highest BCUT2D eigenvalue weighted by Gasteiger charge is 2.35. The van der Waals surface area contributed by atoms with Crippen LogP contribution in [0.4, 0.5) is 0 Å². The van der Waals surface area contributed by atoms with Crippen molar-refractivity contribution in [3.63, 3.8) is 0 Å². The Morgan fingerprint density at radius 1 is 1.36 bits per heavy atom. The van der Waals surface area contributed by atoms with Gasteiger partial charge in [0, 0.05) is 17.8 Å². The van der Waals surface area contributed by atoms with Crippen LogP contribution in [0.3, 0.4) is 0 Å². The van der Waals surface area contributed by atoms with Crippen molar-refractivity contribution in [3.05, 3.63) is 22.7 Å². The van der Waals surface area contributed by atoms with E-state index in [2.05, 4.69) is 15.9 Å². The summed E-state index contributed by atoms with van der Waals surface area (Å²) in [6, 6.07) is 5.72. The lowest BCUT2D eigenvalue weighted by atomic mass is 10.2. The van der Waals surface area contributed by atoms with Crippen LogP contribution in [0.2, 0.25) is 0 Å². The molecular weight excluding hydrogens is 246 g/mol. The molecule has 14 heavy (non-hydrogen) atoms. The third kappa shape index (κ3) is 1.72. The Morgan fingerprint density at radius 3 is 2.79 bits per heavy atom. The monoisotopic (exact) mass is 257 g/mol. The van der Waals surface area contributed by atoms with Crippen molar-refractivity contribution in [3.8, 4) is 11.5 Å². The first-order chi connectivity index (χ1) is 6.63. The summed E-state index contributed by atoms with van der Waals surface area (Å²) in [5.41, 5.74) is 5.49. The summed E-state index contributed by atoms with van der Waals surface area (Å²) in [5, 5.41) is 0. The number of hydrogen-bond acceptors (Lipinski definition) is 3. The molecule has 1 atom stereocenters. The molecule has 1 aromatic rings. The fraction of sp³-hybridized carbons (Fsp3) is 0.400. The number of hydrogen-bond donors (Lipinski definition) is 1. The predicted molar refractivity (Wildman–Crippen MR) is 57.5 cm³/mol. The minimum atomic E-state index is -0.599. The van der Waals surface area contributed by atoms with Gasteiger partial charge in [-0.1, -0.05) is 15.9 Å². The summed E-state index contributed by atoms with van der Waals surface area (Å²) in [4.78, 5) is 0. The first-order valence-corrected chi connectivity index (χ1v) is 5.30. The van der Waals surface area contributed by atoms with Crippen LogP contribution < -0.4 is 15.2 Å². The highest BCUT2D eigenvalue weighted by molar-refractivity contribution is 9.10. The van der Waals surface area contributed by atoms with Crippen LogP contribution in [0.15, 0.2) is 22.7 Å². The molecular formula is C10H12BrNO2. The van der Waals surface area contributed by atoms with Gasteiger partial charge >= 0.3 is 0 Å². The first-order valence-electron chi connectivity index (χ1n) is 4.51. The SMILES string of the molecule is CC1(CCN)Oc2ccc(Br)cc2O1. The van der Waals surface area contributed by atoms with Crippen LogP contribution in [-0.4, -0.2) is 12.3 Å². The second-order valence-electron chi connectivity index (χ2n) is 3.47. The van der Waals surface area contributed by atoms with Crippen LogP contribution >= 0.6 is 15.9 Å². The number of halogens is 1. The first kappa shape index (κ1) is 9.80. The average molecular weight is 258 g/mol. The standard InChI is InChI=1S/C10H12BrNO2/c1-10(4-5-12)13-8-3-2-7(11)6-9(8)14-10/h2-3,6H,4-5,12H2,1H3. The Hall–Kier alpha value is -0.740. The zero-order chi connectivity index (χ0) is 10.2. The molecule has 0 aromatic heterocycles. The molecule has 1 heterocycles.